The molecule has 190 valence electrons. The van der Waals surface area contributed by atoms with Gasteiger partial charge in [0.15, 0.2) is 11.6 Å². The highest BCUT2D eigenvalue weighted by Gasteiger charge is 2.22. The quantitative estimate of drug-likeness (QED) is 0.282. The number of pyridine rings is 3. The van der Waals surface area contributed by atoms with Crippen LogP contribution in [0.25, 0.3) is 55.3 Å². The van der Waals surface area contributed by atoms with Crippen molar-refractivity contribution in [1.82, 2.24) is 40.0 Å². The van der Waals surface area contributed by atoms with E-state index in [0.717, 1.165) is 46.8 Å². The summed E-state index contributed by atoms with van der Waals surface area (Å²) in [5.41, 5.74) is 5.20. The molecule has 0 spiro atoms. The van der Waals surface area contributed by atoms with Gasteiger partial charge in [0.25, 0.3) is 0 Å². The van der Waals surface area contributed by atoms with Crippen LogP contribution in [0.2, 0.25) is 0 Å². The second kappa shape index (κ2) is 9.38. The van der Waals surface area contributed by atoms with Crippen LogP contribution >= 0.6 is 11.3 Å². The van der Waals surface area contributed by atoms with Gasteiger partial charge in [0.1, 0.15) is 22.6 Å². The number of rotatable bonds is 5. The zero-order chi connectivity index (χ0) is 25.6. The summed E-state index contributed by atoms with van der Waals surface area (Å²) in [6.07, 6.45) is 10.6. The first kappa shape index (κ1) is 23.1. The number of H-pyrrole nitrogens is 2. The maximum Gasteiger partial charge on any atom is 0.161 e. The van der Waals surface area contributed by atoms with Crippen LogP contribution in [0, 0.1) is 12.7 Å². The van der Waals surface area contributed by atoms with E-state index >= 15 is 4.39 Å². The van der Waals surface area contributed by atoms with Crippen molar-refractivity contribution < 1.29 is 4.39 Å². The molecule has 7 rings (SSSR count). The average molecular weight is 525 g/mol. The highest BCUT2D eigenvalue weighted by Crippen LogP contribution is 2.35. The largest absolute Gasteiger partial charge is 0.336 e. The topological polar surface area (TPSA) is 99.3 Å². The van der Waals surface area contributed by atoms with Crippen LogP contribution in [0.5, 0.6) is 0 Å². The minimum Gasteiger partial charge on any atom is -0.336 e. The van der Waals surface area contributed by atoms with Crippen molar-refractivity contribution in [2.45, 2.75) is 32.7 Å². The second-order valence-corrected chi connectivity index (χ2v) is 11.0. The summed E-state index contributed by atoms with van der Waals surface area (Å²) >= 11 is 1.66. The van der Waals surface area contributed by atoms with Crippen molar-refractivity contribution >= 4 is 33.3 Å². The molecule has 0 aromatic carbocycles. The van der Waals surface area contributed by atoms with Crippen molar-refractivity contribution in [3.05, 3.63) is 65.3 Å². The summed E-state index contributed by atoms with van der Waals surface area (Å²) in [6.45, 7) is 5.04. The number of fused-ring (bicyclic) bond motifs is 2. The summed E-state index contributed by atoms with van der Waals surface area (Å²) < 4.78 is 16.1. The SMILES string of the molecule is Cc1ccc(-c2nccc3[nH]c(-c4n[nH]c5cnc(-c6cncc(CN7CCCCC7)c6)c(F)c45)nc23)s1. The first-order valence-corrected chi connectivity index (χ1v) is 13.6. The van der Waals surface area contributed by atoms with Gasteiger partial charge in [-0.05, 0) is 62.7 Å². The smallest absolute Gasteiger partial charge is 0.161 e. The summed E-state index contributed by atoms with van der Waals surface area (Å²) in [5.74, 6) is 0.0256. The molecule has 10 heteroatoms. The Balaban J connectivity index is 1.29. The summed E-state index contributed by atoms with van der Waals surface area (Å²) in [5, 5.41) is 7.68. The van der Waals surface area contributed by atoms with Crippen LogP contribution in [0.1, 0.15) is 29.7 Å². The van der Waals surface area contributed by atoms with Crippen molar-refractivity contribution in [3.63, 3.8) is 0 Å². The Kier molecular flexibility index (Phi) is 5.70. The lowest BCUT2D eigenvalue weighted by Crippen LogP contribution is -2.29. The molecule has 0 atom stereocenters. The number of nitrogens with zero attached hydrogens (tertiary/aromatic N) is 6. The Morgan fingerprint density at radius 2 is 1.87 bits per heavy atom. The minimum atomic E-state index is -0.448. The standard InChI is InChI=1S/C28H25FN8S/c1-16-5-6-21(38-16)26-25-19(7-8-31-26)33-28(34-25)27-22-20(35-36-27)14-32-24(23(22)29)18-11-17(12-30-13-18)15-37-9-3-2-4-10-37/h5-8,11-14H,2-4,9-10,15H2,1H3,(H,33,34)(H,35,36). The van der Waals surface area contributed by atoms with E-state index in [9.17, 15) is 0 Å². The van der Waals surface area contributed by atoms with E-state index in [-0.39, 0.29) is 5.69 Å². The van der Waals surface area contributed by atoms with Gasteiger partial charge in [0, 0.05) is 35.6 Å². The van der Waals surface area contributed by atoms with Gasteiger partial charge in [-0.1, -0.05) is 6.42 Å². The second-order valence-electron chi connectivity index (χ2n) is 9.75. The highest BCUT2D eigenvalue weighted by molar-refractivity contribution is 7.15. The Bertz CT molecular complexity index is 1780. The number of aryl methyl sites for hydroxylation is 1. The Labute approximate surface area is 222 Å². The third kappa shape index (κ3) is 4.06. The van der Waals surface area contributed by atoms with E-state index in [4.69, 9.17) is 4.98 Å². The molecular formula is C28H25FN8S. The van der Waals surface area contributed by atoms with Gasteiger partial charge >= 0.3 is 0 Å². The molecule has 7 heterocycles. The Hall–Kier alpha value is -4.02. The van der Waals surface area contributed by atoms with Gasteiger partial charge < -0.3 is 4.98 Å². The van der Waals surface area contributed by atoms with E-state index in [1.54, 1.807) is 29.9 Å². The van der Waals surface area contributed by atoms with Crippen molar-refractivity contribution in [1.29, 1.82) is 0 Å². The molecule has 1 aliphatic heterocycles. The number of hydrogen-bond donors (Lipinski definition) is 2. The molecule has 0 amide bonds. The van der Waals surface area contributed by atoms with Gasteiger partial charge in [-0.3, -0.25) is 25.0 Å². The highest BCUT2D eigenvalue weighted by atomic mass is 32.1. The van der Waals surface area contributed by atoms with Crippen molar-refractivity contribution in [2.75, 3.05) is 13.1 Å². The molecule has 0 aliphatic carbocycles. The molecule has 0 unspecified atom stereocenters. The molecule has 1 fully saturated rings. The molecule has 38 heavy (non-hydrogen) atoms. The number of piperidine rings is 1. The first-order valence-electron chi connectivity index (χ1n) is 12.7. The Morgan fingerprint density at radius 3 is 2.71 bits per heavy atom. The molecule has 6 aromatic heterocycles. The lowest BCUT2D eigenvalue weighted by atomic mass is 10.1. The predicted octanol–water partition coefficient (Wildman–Crippen LogP) is 6.12. The maximum absolute atomic E-state index is 16.1. The van der Waals surface area contributed by atoms with Crippen molar-refractivity contribution in [3.8, 4) is 33.3 Å². The van der Waals surface area contributed by atoms with Gasteiger partial charge in [-0.2, -0.15) is 5.10 Å². The van der Waals surface area contributed by atoms with Crippen LogP contribution < -0.4 is 0 Å². The number of aromatic amines is 2. The number of likely N-dealkylation sites (tertiary alicyclic amines) is 1. The van der Waals surface area contributed by atoms with E-state index < -0.39 is 5.82 Å². The van der Waals surface area contributed by atoms with E-state index in [0.29, 0.717) is 28.0 Å². The molecular weight excluding hydrogens is 499 g/mol. The van der Waals surface area contributed by atoms with E-state index in [2.05, 4.69) is 48.0 Å². The molecule has 6 aromatic rings. The number of halogens is 1. The van der Waals surface area contributed by atoms with Crippen LogP contribution in [0.15, 0.2) is 49.1 Å². The van der Waals surface area contributed by atoms with Crippen LogP contribution in [-0.2, 0) is 6.54 Å². The van der Waals surface area contributed by atoms with Crippen LogP contribution in [0.3, 0.4) is 0 Å². The molecule has 0 saturated carbocycles. The molecule has 1 saturated heterocycles. The van der Waals surface area contributed by atoms with E-state index in [1.807, 2.05) is 24.4 Å². The normalized spacial score (nSPS) is 14.6. The zero-order valence-corrected chi connectivity index (χ0v) is 21.6. The average Bonchev–Trinajstić information content (AvgIpc) is 3.67. The third-order valence-corrected chi connectivity index (χ3v) is 8.07. The Morgan fingerprint density at radius 1 is 0.974 bits per heavy atom. The summed E-state index contributed by atoms with van der Waals surface area (Å²) in [4.78, 5) is 26.2. The molecule has 2 N–H and O–H groups in total. The number of hydrogen-bond acceptors (Lipinski definition) is 7. The zero-order valence-electron chi connectivity index (χ0n) is 20.8. The summed E-state index contributed by atoms with van der Waals surface area (Å²) in [7, 11) is 0. The lowest BCUT2D eigenvalue weighted by molar-refractivity contribution is 0.220. The molecule has 8 nitrogen and oxygen atoms in total. The van der Waals surface area contributed by atoms with Gasteiger partial charge in [-0.15, -0.1) is 11.3 Å². The third-order valence-electron chi connectivity index (χ3n) is 7.07. The molecule has 0 radical (unpaired) electrons. The van der Waals surface area contributed by atoms with Crippen LogP contribution in [-0.4, -0.2) is 53.1 Å². The minimum absolute atomic E-state index is 0.251. The fourth-order valence-electron chi connectivity index (χ4n) is 5.22. The number of thiophene rings is 1. The van der Waals surface area contributed by atoms with Gasteiger partial charge in [-0.25, -0.2) is 9.37 Å². The number of aromatic nitrogens is 7. The fraction of sp³-hybridized carbons (Fsp3) is 0.250. The first-order chi connectivity index (χ1) is 18.6. The summed E-state index contributed by atoms with van der Waals surface area (Å²) in [6, 6.07) is 7.97. The van der Waals surface area contributed by atoms with E-state index in [1.165, 1.54) is 24.1 Å². The molecule has 0 bridgehead atoms. The number of imidazole rings is 1. The maximum atomic E-state index is 16.1. The lowest BCUT2D eigenvalue weighted by Gasteiger charge is -2.26. The fourth-order valence-corrected chi connectivity index (χ4v) is 6.08. The molecule has 1 aliphatic rings. The van der Waals surface area contributed by atoms with Gasteiger partial charge in [0.2, 0.25) is 0 Å². The monoisotopic (exact) mass is 524 g/mol. The van der Waals surface area contributed by atoms with Gasteiger partial charge in [0.05, 0.1) is 27.5 Å². The van der Waals surface area contributed by atoms with Crippen LogP contribution in [0.4, 0.5) is 4.39 Å². The predicted molar refractivity (Wildman–Crippen MR) is 147 cm³/mol. The van der Waals surface area contributed by atoms with Crippen molar-refractivity contribution in [2.24, 2.45) is 0 Å². The number of nitrogens with one attached hydrogen (secondary N) is 2.